The number of carbonyl (C=O) groups excluding carboxylic acids is 2. The van der Waals surface area contributed by atoms with E-state index < -0.39 is 11.4 Å². The van der Waals surface area contributed by atoms with E-state index in [-0.39, 0.29) is 29.8 Å². The SMILES string of the molecule is CCOC(=O)c1cc(NC(=O)C2(c3ccccc3F)CCCC2)ccc1OCC(C)C. The molecule has 1 aliphatic carbocycles. The molecule has 1 amide bonds. The summed E-state index contributed by atoms with van der Waals surface area (Å²) in [5.41, 5.74) is 0.217. The Kier molecular flexibility index (Phi) is 7.31. The first-order valence-corrected chi connectivity index (χ1v) is 10.9. The lowest BCUT2D eigenvalue weighted by Gasteiger charge is -2.29. The number of hydrogen-bond acceptors (Lipinski definition) is 4. The molecule has 0 atom stereocenters. The normalized spacial score (nSPS) is 15.0. The molecule has 0 radical (unpaired) electrons. The minimum absolute atomic E-state index is 0.232. The molecule has 31 heavy (non-hydrogen) atoms. The highest BCUT2D eigenvalue weighted by atomic mass is 19.1. The summed E-state index contributed by atoms with van der Waals surface area (Å²) in [6, 6.07) is 11.4. The highest BCUT2D eigenvalue weighted by Crippen LogP contribution is 2.43. The van der Waals surface area contributed by atoms with Gasteiger partial charge in [0.2, 0.25) is 5.91 Å². The van der Waals surface area contributed by atoms with Crippen molar-refractivity contribution in [3.63, 3.8) is 0 Å². The van der Waals surface area contributed by atoms with Gasteiger partial charge in [-0.3, -0.25) is 4.79 Å². The third kappa shape index (κ3) is 5.06. The summed E-state index contributed by atoms with van der Waals surface area (Å²) in [6.07, 6.45) is 2.88. The molecule has 6 heteroatoms. The number of esters is 1. The summed E-state index contributed by atoms with van der Waals surface area (Å²) in [6.45, 7) is 6.45. The highest BCUT2D eigenvalue weighted by molar-refractivity contribution is 6.01. The van der Waals surface area contributed by atoms with Crippen LogP contribution in [-0.4, -0.2) is 25.1 Å². The highest BCUT2D eigenvalue weighted by Gasteiger charge is 2.44. The fourth-order valence-corrected chi connectivity index (χ4v) is 4.06. The zero-order valence-corrected chi connectivity index (χ0v) is 18.4. The average Bonchev–Trinajstić information content (AvgIpc) is 3.24. The van der Waals surface area contributed by atoms with E-state index in [1.807, 2.05) is 13.8 Å². The van der Waals surface area contributed by atoms with Gasteiger partial charge < -0.3 is 14.8 Å². The Bertz CT molecular complexity index is 935. The molecule has 0 unspecified atom stereocenters. The fraction of sp³-hybridized carbons (Fsp3) is 0.440. The minimum Gasteiger partial charge on any atom is -0.492 e. The molecule has 1 fully saturated rings. The van der Waals surface area contributed by atoms with Crippen LogP contribution in [0.3, 0.4) is 0 Å². The lowest BCUT2D eigenvalue weighted by molar-refractivity contribution is -0.121. The van der Waals surface area contributed by atoms with Crippen LogP contribution < -0.4 is 10.1 Å². The Morgan fingerprint density at radius 2 is 1.84 bits per heavy atom. The van der Waals surface area contributed by atoms with E-state index in [0.29, 0.717) is 36.4 Å². The molecular formula is C25H30FNO4. The van der Waals surface area contributed by atoms with Crippen LogP contribution in [0.15, 0.2) is 42.5 Å². The zero-order chi connectivity index (χ0) is 22.4. The van der Waals surface area contributed by atoms with E-state index in [1.165, 1.54) is 6.07 Å². The third-order valence-electron chi connectivity index (χ3n) is 5.59. The molecule has 166 valence electrons. The molecule has 0 aromatic heterocycles. The molecule has 2 aromatic carbocycles. The van der Waals surface area contributed by atoms with Crippen LogP contribution in [0.4, 0.5) is 10.1 Å². The maximum Gasteiger partial charge on any atom is 0.341 e. The molecule has 2 aromatic rings. The molecule has 0 aliphatic heterocycles. The van der Waals surface area contributed by atoms with Gasteiger partial charge in [-0.1, -0.05) is 44.9 Å². The summed E-state index contributed by atoms with van der Waals surface area (Å²) in [5, 5.41) is 2.91. The summed E-state index contributed by atoms with van der Waals surface area (Å²) in [4.78, 5) is 25.8. The third-order valence-corrected chi connectivity index (χ3v) is 5.59. The lowest BCUT2D eigenvalue weighted by Crippen LogP contribution is -2.38. The lowest BCUT2D eigenvalue weighted by atomic mass is 9.77. The van der Waals surface area contributed by atoms with Crippen molar-refractivity contribution in [1.82, 2.24) is 0 Å². The van der Waals surface area contributed by atoms with Gasteiger partial charge in [-0.15, -0.1) is 0 Å². The smallest absolute Gasteiger partial charge is 0.341 e. The Morgan fingerprint density at radius 1 is 1.13 bits per heavy atom. The largest absolute Gasteiger partial charge is 0.492 e. The van der Waals surface area contributed by atoms with Crippen molar-refractivity contribution >= 4 is 17.6 Å². The number of nitrogens with one attached hydrogen (secondary N) is 1. The van der Waals surface area contributed by atoms with Crippen molar-refractivity contribution in [3.05, 3.63) is 59.4 Å². The van der Waals surface area contributed by atoms with E-state index in [1.54, 1.807) is 43.3 Å². The van der Waals surface area contributed by atoms with Crippen LogP contribution in [0, 0.1) is 11.7 Å². The van der Waals surface area contributed by atoms with Crippen LogP contribution in [0.25, 0.3) is 0 Å². The van der Waals surface area contributed by atoms with Crippen molar-refractivity contribution in [2.75, 3.05) is 18.5 Å². The van der Waals surface area contributed by atoms with Gasteiger partial charge in [-0.25, -0.2) is 9.18 Å². The molecule has 5 nitrogen and oxygen atoms in total. The number of hydrogen-bond donors (Lipinski definition) is 1. The van der Waals surface area contributed by atoms with Gasteiger partial charge in [0, 0.05) is 11.3 Å². The van der Waals surface area contributed by atoms with E-state index >= 15 is 0 Å². The average molecular weight is 428 g/mol. The van der Waals surface area contributed by atoms with Crippen LogP contribution in [0.5, 0.6) is 5.75 Å². The number of amides is 1. The predicted molar refractivity (Wildman–Crippen MR) is 118 cm³/mol. The van der Waals surface area contributed by atoms with Gasteiger partial charge in [0.15, 0.2) is 0 Å². The first-order chi connectivity index (χ1) is 14.9. The van der Waals surface area contributed by atoms with Gasteiger partial charge in [0.1, 0.15) is 17.1 Å². The van der Waals surface area contributed by atoms with Gasteiger partial charge in [-0.2, -0.15) is 0 Å². The van der Waals surface area contributed by atoms with Crippen molar-refractivity contribution in [3.8, 4) is 5.75 Å². The second-order valence-corrected chi connectivity index (χ2v) is 8.36. The van der Waals surface area contributed by atoms with Crippen LogP contribution in [0.2, 0.25) is 0 Å². The van der Waals surface area contributed by atoms with Crippen molar-refractivity contribution < 1.29 is 23.5 Å². The fourth-order valence-electron chi connectivity index (χ4n) is 4.06. The summed E-state index contributed by atoms with van der Waals surface area (Å²) in [7, 11) is 0. The molecule has 3 rings (SSSR count). The summed E-state index contributed by atoms with van der Waals surface area (Å²) in [5.74, 6) is -0.445. The summed E-state index contributed by atoms with van der Waals surface area (Å²) < 4.78 is 25.5. The van der Waals surface area contributed by atoms with Gasteiger partial charge >= 0.3 is 5.97 Å². The molecule has 1 N–H and O–H groups in total. The first-order valence-electron chi connectivity index (χ1n) is 10.9. The van der Waals surface area contributed by atoms with E-state index in [2.05, 4.69) is 5.32 Å². The molecular weight excluding hydrogens is 397 g/mol. The van der Waals surface area contributed by atoms with Crippen molar-refractivity contribution in [2.45, 2.75) is 51.9 Å². The van der Waals surface area contributed by atoms with E-state index in [9.17, 15) is 14.0 Å². The standard InChI is InChI=1S/C25H30FNO4/c1-4-30-23(28)19-15-18(11-12-22(19)31-16-17(2)3)27-24(29)25(13-7-8-14-25)20-9-5-6-10-21(20)26/h5-6,9-12,15,17H,4,7-8,13-14,16H2,1-3H3,(H,27,29). The molecule has 1 aliphatic rings. The first kappa shape index (κ1) is 22.8. The maximum absolute atomic E-state index is 14.6. The number of benzene rings is 2. The molecule has 0 spiro atoms. The Balaban J connectivity index is 1.90. The van der Waals surface area contributed by atoms with Crippen LogP contribution in [-0.2, 0) is 14.9 Å². The molecule has 1 saturated carbocycles. The topological polar surface area (TPSA) is 64.6 Å². The molecule has 0 saturated heterocycles. The summed E-state index contributed by atoms with van der Waals surface area (Å²) >= 11 is 0. The van der Waals surface area contributed by atoms with E-state index in [4.69, 9.17) is 9.47 Å². The number of ether oxygens (including phenoxy) is 2. The van der Waals surface area contributed by atoms with Gasteiger partial charge in [0.25, 0.3) is 0 Å². The molecule has 0 heterocycles. The van der Waals surface area contributed by atoms with Gasteiger partial charge in [-0.05, 0) is 49.9 Å². The van der Waals surface area contributed by atoms with Crippen LogP contribution in [0.1, 0.15) is 62.4 Å². The Hall–Kier alpha value is -2.89. The van der Waals surface area contributed by atoms with Crippen LogP contribution >= 0.6 is 0 Å². The maximum atomic E-state index is 14.6. The number of anilines is 1. The van der Waals surface area contributed by atoms with Crippen molar-refractivity contribution in [1.29, 1.82) is 0 Å². The minimum atomic E-state index is -0.914. The monoisotopic (exact) mass is 427 g/mol. The Labute approximate surface area is 182 Å². The van der Waals surface area contributed by atoms with E-state index in [0.717, 1.165) is 12.8 Å². The Morgan fingerprint density at radius 3 is 2.48 bits per heavy atom. The number of halogens is 1. The molecule has 0 bridgehead atoms. The number of carbonyl (C=O) groups is 2. The van der Waals surface area contributed by atoms with Crippen molar-refractivity contribution in [2.24, 2.45) is 5.92 Å². The quantitative estimate of drug-likeness (QED) is 0.566. The second kappa shape index (κ2) is 9.94. The zero-order valence-electron chi connectivity index (χ0n) is 18.4. The van der Waals surface area contributed by atoms with Gasteiger partial charge in [0.05, 0.1) is 18.6 Å². The predicted octanol–water partition coefficient (Wildman–Crippen LogP) is 5.49. The number of rotatable bonds is 8. The second-order valence-electron chi connectivity index (χ2n) is 8.36.